The molecule has 0 radical (unpaired) electrons. The third-order valence-electron chi connectivity index (χ3n) is 4.70. The van der Waals surface area contributed by atoms with Crippen LogP contribution in [0.5, 0.6) is 0 Å². The summed E-state index contributed by atoms with van der Waals surface area (Å²) < 4.78 is 44.7. The van der Waals surface area contributed by atoms with Gasteiger partial charge in [-0.15, -0.1) is 0 Å². The third-order valence-corrected chi connectivity index (χ3v) is 4.70. The Labute approximate surface area is 145 Å². The lowest BCUT2D eigenvalue weighted by Crippen LogP contribution is -2.48. The van der Waals surface area contributed by atoms with E-state index in [4.69, 9.17) is 4.52 Å². The number of carbonyl (C=O) groups is 1. The number of amidine groups is 1. The first-order valence-electron chi connectivity index (χ1n) is 7.90. The number of aromatic nitrogens is 1. The maximum atomic E-state index is 13.2. The average Bonchev–Trinajstić information content (AvgIpc) is 3.11. The normalized spacial score (nSPS) is 22.3. The fraction of sp³-hybridized carbons (Fsp3) is 0.353. The number of carbonyl (C=O) groups excluding carboxylic acids is 1. The predicted molar refractivity (Wildman–Crippen MR) is 85.8 cm³/mol. The van der Waals surface area contributed by atoms with Gasteiger partial charge in [0, 0.05) is 24.6 Å². The Morgan fingerprint density at radius 2 is 2.00 bits per heavy atom. The van der Waals surface area contributed by atoms with Crippen molar-refractivity contribution in [1.82, 2.24) is 5.16 Å². The second-order valence-electron chi connectivity index (χ2n) is 6.52. The molecule has 0 aliphatic carbocycles. The number of aliphatic hydroxyl groups is 1. The van der Waals surface area contributed by atoms with Crippen LogP contribution in [0.25, 0.3) is 0 Å². The molecular formula is C17H14F3N3O3. The zero-order valence-corrected chi connectivity index (χ0v) is 13.9. The lowest BCUT2D eigenvalue weighted by molar-refractivity contribution is -0.138. The molecule has 0 spiro atoms. The molecule has 6 nitrogen and oxygen atoms in total. The number of rotatable bonds is 1. The Hall–Kier alpha value is -2.68. The van der Waals surface area contributed by atoms with Gasteiger partial charge >= 0.3 is 6.18 Å². The summed E-state index contributed by atoms with van der Waals surface area (Å²) in [6.45, 7) is 3.21. The van der Waals surface area contributed by atoms with E-state index >= 15 is 0 Å². The summed E-state index contributed by atoms with van der Waals surface area (Å²) in [5.74, 6) is -0.423. The van der Waals surface area contributed by atoms with E-state index < -0.39 is 23.1 Å². The van der Waals surface area contributed by atoms with E-state index in [1.165, 1.54) is 11.8 Å². The van der Waals surface area contributed by atoms with Crippen molar-refractivity contribution in [2.45, 2.75) is 32.0 Å². The molecule has 1 unspecified atom stereocenters. The summed E-state index contributed by atoms with van der Waals surface area (Å²) >= 11 is 0. The minimum Gasteiger partial charge on any atom is -0.374 e. The zero-order chi connectivity index (χ0) is 18.9. The van der Waals surface area contributed by atoms with Crippen molar-refractivity contribution in [3.05, 3.63) is 40.6 Å². The number of halogens is 3. The molecule has 26 heavy (non-hydrogen) atoms. The Bertz CT molecular complexity index is 964. The van der Waals surface area contributed by atoms with Crippen molar-refractivity contribution in [1.29, 1.82) is 0 Å². The van der Waals surface area contributed by atoms with Crippen LogP contribution in [0.15, 0.2) is 27.7 Å². The van der Waals surface area contributed by atoms with Gasteiger partial charge < -0.3 is 9.63 Å². The Morgan fingerprint density at radius 1 is 1.27 bits per heavy atom. The monoisotopic (exact) mass is 365 g/mol. The smallest absolute Gasteiger partial charge is 0.374 e. The van der Waals surface area contributed by atoms with E-state index in [0.29, 0.717) is 5.69 Å². The number of aliphatic imine (C=N–C) groups is 1. The predicted octanol–water partition coefficient (Wildman–Crippen LogP) is 3.18. The number of alkyl halides is 3. The molecule has 1 N–H and O–H groups in total. The average molecular weight is 365 g/mol. The van der Waals surface area contributed by atoms with Crippen LogP contribution >= 0.6 is 0 Å². The highest BCUT2D eigenvalue weighted by molar-refractivity contribution is 6.28. The number of hydrogen-bond donors (Lipinski definition) is 1. The van der Waals surface area contributed by atoms with Crippen molar-refractivity contribution in [2.75, 3.05) is 11.4 Å². The summed E-state index contributed by atoms with van der Waals surface area (Å²) in [4.78, 5) is 18.5. The molecule has 1 fully saturated rings. The van der Waals surface area contributed by atoms with Crippen LogP contribution in [0, 0.1) is 13.8 Å². The number of ketones is 1. The highest BCUT2D eigenvalue weighted by Crippen LogP contribution is 2.43. The number of aryl methyl sites for hydroxylation is 2. The van der Waals surface area contributed by atoms with Gasteiger partial charge in [-0.1, -0.05) is 5.16 Å². The van der Waals surface area contributed by atoms with E-state index in [1.807, 2.05) is 0 Å². The molecule has 2 aliphatic rings. The Morgan fingerprint density at radius 3 is 2.62 bits per heavy atom. The minimum atomic E-state index is -4.56. The van der Waals surface area contributed by atoms with Crippen LogP contribution in [0.3, 0.4) is 0 Å². The molecule has 1 atom stereocenters. The van der Waals surface area contributed by atoms with Gasteiger partial charge in [0.05, 0.1) is 16.9 Å². The summed E-state index contributed by atoms with van der Waals surface area (Å²) in [7, 11) is 0. The minimum absolute atomic E-state index is 0.0163. The molecule has 0 bridgehead atoms. The molecule has 1 aromatic heterocycles. The summed E-state index contributed by atoms with van der Waals surface area (Å²) in [5.41, 5.74) is -2.38. The Kier molecular flexibility index (Phi) is 3.33. The number of Topliss-reactive ketones (excluding diaryl/α,β-unsaturated/α-hetero) is 1. The second kappa shape index (κ2) is 5.16. The van der Waals surface area contributed by atoms with Gasteiger partial charge in [0.2, 0.25) is 11.7 Å². The molecule has 0 saturated carbocycles. The van der Waals surface area contributed by atoms with Gasteiger partial charge in [0.25, 0.3) is 0 Å². The fourth-order valence-electron chi connectivity index (χ4n) is 3.39. The summed E-state index contributed by atoms with van der Waals surface area (Å²) in [5, 5.41) is 14.6. The molecule has 9 heteroatoms. The van der Waals surface area contributed by atoms with Crippen molar-refractivity contribution in [3.8, 4) is 0 Å². The van der Waals surface area contributed by atoms with Crippen molar-refractivity contribution in [2.24, 2.45) is 4.99 Å². The van der Waals surface area contributed by atoms with Gasteiger partial charge in [0.15, 0.2) is 11.4 Å². The van der Waals surface area contributed by atoms with Gasteiger partial charge in [-0.05, 0) is 31.5 Å². The van der Waals surface area contributed by atoms with Crippen LogP contribution in [0.4, 0.5) is 24.7 Å². The number of benzene rings is 1. The first-order valence-corrected chi connectivity index (χ1v) is 7.90. The topological polar surface area (TPSA) is 78.9 Å². The number of hydrogen-bond acceptors (Lipinski definition) is 6. The van der Waals surface area contributed by atoms with Gasteiger partial charge in [0.1, 0.15) is 0 Å². The number of fused-ring (bicyclic) bond motifs is 2. The highest BCUT2D eigenvalue weighted by Gasteiger charge is 2.53. The lowest BCUT2D eigenvalue weighted by atomic mass is 9.86. The number of nitrogens with zero attached hydrogens (tertiary/aromatic N) is 3. The quantitative estimate of drug-likeness (QED) is 0.840. The van der Waals surface area contributed by atoms with Gasteiger partial charge in [-0.3, -0.25) is 9.69 Å². The molecule has 1 saturated heterocycles. The van der Waals surface area contributed by atoms with Crippen LogP contribution in [0.1, 0.15) is 33.6 Å². The van der Waals surface area contributed by atoms with E-state index in [2.05, 4.69) is 10.1 Å². The fourth-order valence-corrected chi connectivity index (χ4v) is 3.39. The van der Waals surface area contributed by atoms with Crippen molar-refractivity contribution in [3.63, 3.8) is 0 Å². The van der Waals surface area contributed by atoms with E-state index in [-0.39, 0.29) is 41.5 Å². The Balaban J connectivity index is 1.89. The highest BCUT2D eigenvalue weighted by atomic mass is 19.4. The molecule has 1 aromatic carbocycles. The van der Waals surface area contributed by atoms with E-state index in [0.717, 1.165) is 12.1 Å². The lowest BCUT2D eigenvalue weighted by Gasteiger charge is -2.29. The van der Waals surface area contributed by atoms with Crippen LogP contribution in [-0.2, 0) is 6.18 Å². The SMILES string of the molecule is Cc1cc(N2CCC3(O)C(=O)c4cc(C)c(C(F)(F)F)cc4N=C23)on1. The van der Waals surface area contributed by atoms with Gasteiger partial charge in [-0.2, -0.15) is 13.2 Å². The van der Waals surface area contributed by atoms with E-state index in [9.17, 15) is 23.1 Å². The first kappa shape index (κ1) is 16.8. The van der Waals surface area contributed by atoms with Gasteiger partial charge in [-0.25, -0.2) is 4.99 Å². The first-order chi connectivity index (χ1) is 12.1. The summed E-state index contributed by atoms with van der Waals surface area (Å²) in [6.07, 6.45) is -4.50. The maximum absolute atomic E-state index is 13.2. The molecule has 2 aromatic rings. The molecule has 4 rings (SSSR count). The second-order valence-corrected chi connectivity index (χ2v) is 6.52. The molecule has 0 amide bonds. The molecule has 2 aliphatic heterocycles. The van der Waals surface area contributed by atoms with E-state index in [1.54, 1.807) is 13.0 Å². The van der Waals surface area contributed by atoms with Crippen LogP contribution in [0.2, 0.25) is 0 Å². The van der Waals surface area contributed by atoms with Crippen molar-refractivity contribution < 1.29 is 27.6 Å². The van der Waals surface area contributed by atoms with Crippen LogP contribution in [-0.4, -0.2) is 34.0 Å². The van der Waals surface area contributed by atoms with Crippen LogP contribution < -0.4 is 4.90 Å². The molecular weight excluding hydrogens is 351 g/mol. The largest absolute Gasteiger partial charge is 0.416 e. The van der Waals surface area contributed by atoms with Crippen molar-refractivity contribution >= 4 is 23.2 Å². The third kappa shape index (κ3) is 2.27. The standard InChI is InChI=1S/C17H14F3N3O3/c1-8-5-10-12(7-11(8)17(18,19)20)21-15-16(25,14(10)24)3-4-23(15)13-6-9(2)22-26-13/h5-7,25H,3-4H2,1-2H3. The summed E-state index contributed by atoms with van der Waals surface area (Å²) in [6, 6.07) is 3.59. The molecule has 136 valence electrons. The maximum Gasteiger partial charge on any atom is 0.416 e. The zero-order valence-electron chi connectivity index (χ0n) is 13.9. The number of anilines is 1. The molecule has 3 heterocycles.